The fourth-order valence-corrected chi connectivity index (χ4v) is 2.09. The van der Waals surface area contributed by atoms with Crippen LogP contribution in [0.15, 0.2) is 39.2 Å². The molecule has 0 fully saturated rings. The highest BCUT2D eigenvalue weighted by atomic mass is 79.9. The number of furan rings is 1. The largest absolute Gasteiger partial charge is 0.475 e. The summed E-state index contributed by atoms with van der Waals surface area (Å²) in [7, 11) is 0. The molecule has 0 aliphatic rings. The highest BCUT2D eigenvalue weighted by Crippen LogP contribution is 2.26. The monoisotopic (exact) mass is 280 g/mol. The summed E-state index contributed by atoms with van der Waals surface area (Å²) in [6.45, 7) is 1.97. The van der Waals surface area contributed by atoms with Crippen LogP contribution in [-0.2, 0) is 0 Å². The van der Waals surface area contributed by atoms with Crippen LogP contribution in [0, 0.1) is 6.92 Å². The van der Waals surface area contributed by atoms with Gasteiger partial charge in [0, 0.05) is 10.0 Å². The Balaban J connectivity index is 2.46. The molecule has 2 rings (SSSR count). The molecule has 0 aliphatic heterocycles. The zero-order chi connectivity index (χ0) is 11.7. The van der Waals surface area contributed by atoms with Crippen molar-refractivity contribution in [1.29, 1.82) is 0 Å². The van der Waals surface area contributed by atoms with E-state index in [2.05, 4.69) is 15.9 Å². The lowest BCUT2D eigenvalue weighted by atomic mass is 10.1. The lowest BCUT2D eigenvalue weighted by Gasteiger charge is -2.00. The van der Waals surface area contributed by atoms with Gasteiger partial charge in [0.2, 0.25) is 5.76 Å². The Morgan fingerprint density at radius 1 is 1.31 bits per heavy atom. The number of carboxylic acids is 1. The van der Waals surface area contributed by atoms with Gasteiger partial charge in [-0.2, -0.15) is 0 Å². The Bertz CT molecular complexity index is 523. The summed E-state index contributed by atoms with van der Waals surface area (Å²) in [6, 6.07) is 8.91. The Kier molecular flexibility index (Phi) is 2.83. The van der Waals surface area contributed by atoms with Crippen molar-refractivity contribution in [1.82, 2.24) is 0 Å². The molecule has 82 valence electrons. The second kappa shape index (κ2) is 4.14. The van der Waals surface area contributed by atoms with Crippen molar-refractivity contribution in [2.24, 2.45) is 0 Å². The Labute approximate surface area is 101 Å². The van der Waals surface area contributed by atoms with Crippen LogP contribution in [0.1, 0.15) is 16.1 Å². The first-order valence-electron chi connectivity index (χ1n) is 4.67. The summed E-state index contributed by atoms with van der Waals surface area (Å²) in [5, 5.41) is 8.75. The van der Waals surface area contributed by atoms with Gasteiger partial charge < -0.3 is 9.52 Å². The molecular formula is C12H9BrO3. The van der Waals surface area contributed by atoms with Crippen LogP contribution in [0.2, 0.25) is 0 Å². The molecule has 0 saturated heterocycles. The van der Waals surface area contributed by atoms with E-state index >= 15 is 0 Å². The maximum Gasteiger partial charge on any atom is 0.371 e. The predicted octanol–water partition coefficient (Wildman–Crippen LogP) is 3.72. The number of rotatable bonds is 2. The maximum absolute atomic E-state index is 10.7. The van der Waals surface area contributed by atoms with Gasteiger partial charge in [-0.3, -0.25) is 0 Å². The maximum atomic E-state index is 10.7. The van der Waals surface area contributed by atoms with Crippen molar-refractivity contribution in [2.75, 3.05) is 0 Å². The van der Waals surface area contributed by atoms with Crippen molar-refractivity contribution in [3.05, 3.63) is 46.1 Å². The van der Waals surface area contributed by atoms with Crippen LogP contribution in [0.4, 0.5) is 0 Å². The SMILES string of the molecule is Cc1cc(Br)cc(-c2ccc(C(=O)O)o2)c1. The molecule has 1 heterocycles. The van der Waals surface area contributed by atoms with Crippen molar-refractivity contribution >= 4 is 21.9 Å². The third-order valence-corrected chi connectivity index (χ3v) is 2.60. The molecule has 3 nitrogen and oxygen atoms in total. The number of halogens is 1. The molecule has 0 unspecified atom stereocenters. The van der Waals surface area contributed by atoms with Crippen LogP contribution in [-0.4, -0.2) is 11.1 Å². The van der Waals surface area contributed by atoms with Crippen LogP contribution in [0.3, 0.4) is 0 Å². The number of hydrogen-bond donors (Lipinski definition) is 1. The number of aromatic carboxylic acids is 1. The molecule has 2 aromatic rings. The minimum Gasteiger partial charge on any atom is -0.475 e. The molecule has 16 heavy (non-hydrogen) atoms. The molecular weight excluding hydrogens is 272 g/mol. The number of carboxylic acid groups (broad SMARTS) is 1. The first kappa shape index (κ1) is 11.0. The third-order valence-electron chi connectivity index (χ3n) is 2.14. The van der Waals surface area contributed by atoms with Crippen LogP contribution >= 0.6 is 15.9 Å². The van der Waals surface area contributed by atoms with Gasteiger partial charge in [-0.05, 0) is 42.8 Å². The highest BCUT2D eigenvalue weighted by molar-refractivity contribution is 9.10. The lowest BCUT2D eigenvalue weighted by molar-refractivity contribution is 0.0663. The van der Waals surface area contributed by atoms with Crippen molar-refractivity contribution in [2.45, 2.75) is 6.92 Å². The van der Waals surface area contributed by atoms with Crippen LogP contribution in [0.5, 0.6) is 0 Å². The average molecular weight is 281 g/mol. The molecule has 1 N–H and O–H groups in total. The van der Waals surface area contributed by atoms with Crippen LogP contribution in [0.25, 0.3) is 11.3 Å². The number of aryl methyl sites for hydroxylation is 1. The molecule has 0 saturated carbocycles. The van der Waals surface area contributed by atoms with Gasteiger partial charge in [0.15, 0.2) is 0 Å². The second-order valence-electron chi connectivity index (χ2n) is 3.49. The Morgan fingerprint density at radius 2 is 2.06 bits per heavy atom. The summed E-state index contributed by atoms with van der Waals surface area (Å²) in [5.74, 6) is -0.549. The molecule has 0 radical (unpaired) electrons. The van der Waals surface area contributed by atoms with E-state index in [9.17, 15) is 4.79 Å². The smallest absolute Gasteiger partial charge is 0.371 e. The van der Waals surface area contributed by atoms with Gasteiger partial charge in [0.05, 0.1) is 0 Å². The van der Waals surface area contributed by atoms with E-state index in [1.807, 2.05) is 25.1 Å². The lowest BCUT2D eigenvalue weighted by Crippen LogP contribution is -1.91. The van der Waals surface area contributed by atoms with Crippen molar-refractivity contribution < 1.29 is 14.3 Å². The number of hydrogen-bond acceptors (Lipinski definition) is 2. The third kappa shape index (κ3) is 2.17. The van der Waals surface area contributed by atoms with E-state index in [1.54, 1.807) is 6.07 Å². The van der Waals surface area contributed by atoms with Crippen molar-refractivity contribution in [3.63, 3.8) is 0 Å². The molecule has 0 amide bonds. The molecule has 0 spiro atoms. The minimum absolute atomic E-state index is 0.0485. The predicted molar refractivity (Wildman–Crippen MR) is 63.5 cm³/mol. The summed E-state index contributed by atoms with van der Waals surface area (Å²) >= 11 is 3.39. The van der Waals surface area contributed by atoms with E-state index < -0.39 is 5.97 Å². The van der Waals surface area contributed by atoms with E-state index in [0.717, 1.165) is 15.6 Å². The zero-order valence-electron chi connectivity index (χ0n) is 8.53. The van der Waals surface area contributed by atoms with Gasteiger partial charge in [-0.25, -0.2) is 4.79 Å². The molecule has 1 aromatic heterocycles. The Morgan fingerprint density at radius 3 is 2.62 bits per heavy atom. The van der Waals surface area contributed by atoms with Gasteiger partial charge in [-0.15, -0.1) is 0 Å². The van der Waals surface area contributed by atoms with Crippen LogP contribution < -0.4 is 0 Å². The average Bonchev–Trinajstić information content (AvgIpc) is 2.64. The fraction of sp³-hybridized carbons (Fsp3) is 0.0833. The molecule has 0 atom stereocenters. The fourth-order valence-electron chi connectivity index (χ4n) is 1.49. The van der Waals surface area contributed by atoms with E-state index in [0.29, 0.717) is 5.76 Å². The molecule has 0 aliphatic carbocycles. The molecule has 4 heteroatoms. The van der Waals surface area contributed by atoms with Gasteiger partial charge in [0.25, 0.3) is 0 Å². The van der Waals surface area contributed by atoms with E-state index in [4.69, 9.17) is 9.52 Å². The highest BCUT2D eigenvalue weighted by Gasteiger charge is 2.10. The summed E-state index contributed by atoms with van der Waals surface area (Å²) in [5.41, 5.74) is 1.94. The zero-order valence-corrected chi connectivity index (χ0v) is 10.1. The number of benzene rings is 1. The van der Waals surface area contributed by atoms with Crippen molar-refractivity contribution in [3.8, 4) is 11.3 Å². The summed E-state index contributed by atoms with van der Waals surface area (Å²) in [4.78, 5) is 10.7. The minimum atomic E-state index is -1.06. The second-order valence-corrected chi connectivity index (χ2v) is 4.40. The quantitative estimate of drug-likeness (QED) is 0.912. The normalized spacial score (nSPS) is 10.4. The molecule has 1 aromatic carbocycles. The van der Waals surface area contributed by atoms with Gasteiger partial charge in [0.1, 0.15) is 5.76 Å². The van der Waals surface area contributed by atoms with Gasteiger partial charge >= 0.3 is 5.97 Å². The topological polar surface area (TPSA) is 50.4 Å². The Hall–Kier alpha value is -1.55. The first-order chi connectivity index (χ1) is 7.56. The first-order valence-corrected chi connectivity index (χ1v) is 5.46. The number of carbonyl (C=O) groups is 1. The van der Waals surface area contributed by atoms with E-state index in [1.165, 1.54) is 6.07 Å². The molecule has 0 bridgehead atoms. The van der Waals surface area contributed by atoms with E-state index in [-0.39, 0.29) is 5.76 Å². The summed E-state index contributed by atoms with van der Waals surface area (Å²) in [6.07, 6.45) is 0. The standard InChI is InChI=1S/C12H9BrO3/c1-7-4-8(6-9(13)5-7)10-2-3-11(16-10)12(14)15/h2-6H,1H3,(H,14,15). The van der Waals surface area contributed by atoms with Gasteiger partial charge in [-0.1, -0.05) is 15.9 Å². The summed E-state index contributed by atoms with van der Waals surface area (Å²) < 4.78 is 6.16.